The number of hydrogen-bond acceptors (Lipinski definition) is 5. The van der Waals surface area contributed by atoms with E-state index >= 15 is 0 Å². The summed E-state index contributed by atoms with van der Waals surface area (Å²) < 4.78 is 0. The third kappa shape index (κ3) is 3.62. The Morgan fingerprint density at radius 3 is 2.71 bits per heavy atom. The van der Waals surface area contributed by atoms with E-state index in [0.717, 1.165) is 15.4 Å². The molecule has 0 fully saturated rings. The van der Waals surface area contributed by atoms with Crippen LogP contribution in [0.25, 0.3) is 16.0 Å². The van der Waals surface area contributed by atoms with Crippen molar-refractivity contribution in [2.24, 2.45) is 0 Å². The van der Waals surface area contributed by atoms with E-state index in [1.54, 1.807) is 17.4 Å². The molecule has 3 rings (SSSR count). The zero-order valence-corrected chi connectivity index (χ0v) is 12.5. The second-order valence-corrected chi connectivity index (χ2v) is 6.05. The number of nitrogens with one attached hydrogen (secondary N) is 1. The van der Waals surface area contributed by atoms with E-state index in [0.29, 0.717) is 5.13 Å². The van der Waals surface area contributed by atoms with Crippen molar-refractivity contribution in [2.45, 2.75) is 0 Å². The Morgan fingerprint density at radius 1 is 1.10 bits per heavy atom. The average Bonchev–Trinajstić information content (AvgIpc) is 3.17. The van der Waals surface area contributed by atoms with Crippen molar-refractivity contribution in [3.63, 3.8) is 0 Å². The summed E-state index contributed by atoms with van der Waals surface area (Å²) in [5, 5.41) is 14.1. The Morgan fingerprint density at radius 2 is 1.95 bits per heavy atom. The van der Waals surface area contributed by atoms with Gasteiger partial charge in [-0.05, 0) is 23.1 Å². The Kier molecular flexibility index (Phi) is 4.18. The van der Waals surface area contributed by atoms with Gasteiger partial charge in [0.25, 0.3) is 0 Å². The Hall–Kier alpha value is -2.31. The fourth-order valence-corrected chi connectivity index (χ4v) is 3.20. The molecule has 21 heavy (non-hydrogen) atoms. The van der Waals surface area contributed by atoms with Crippen molar-refractivity contribution in [3.8, 4) is 9.88 Å². The summed E-state index contributed by atoms with van der Waals surface area (Å²) in [6.45, 7) is 0. The van der Waals surface area contributed by atoms with Gasteiger partial charge in [0.2, 0.25) is 11.0 Å². The molecule has 0 saturated heterocycles. The van der Waals surface area contributed by atoms with Gasteiger partial charge in [-0.25, -0.2) is 0 Å². The van der Waals surface area contributed by atoms with E-state index in [2.05, 4.69) is 15.5 Å². The summed E-state index contributed by atoms with van der Waals surface area (Å²) in [6, 6.07) is 13.6. The lowest BCUT2D eigenvalue weighted by atomic mass is 10.2. The Labute approximate surface area is 129 Å². The number of anilines is 1. The first-order chi connectivity index (χ1) is 10.3. The van der Waals surface area contributed by atoms with E-state index in [9.17, 15) is 4.79 Å². The van der Waals surface area contributed by atoms with Crippen LogP contribution in [-0.2, 0) is 4.79 Å². The minimum Gasteiger partial charge on any atom is -0.297 e. The van der Waals surface area contributed by atoms with Gasteiger partial charge < -0.3 is 0 Å². The van der Waals surface area contributed by atoms with Crippen molar-refractivity contribution < 1.29 is 4.79 Å². The van der Waals surface area contributed by atoms with Gasteiger partial charge in [0, 0.05) is 6.08 Å². The van der Waals surface area contributed by atoms with Crippen LogP contribution in [0.3, 0.4) is 0 Å². The first kappa shape index (κ1) is 13.7. The molecule has 0 unspecified atom stereocenters. The van der Waals surface area contributed by atoms with Crippen LogP contribution in [-0.4, -0.2) is 16.1 Å². The van der Waals surface area contributed by atoms with E-state index in [-0.39, 0.29) is 5.91 Å². The number of thiophene rings is 1. The van der Waals surface area contributed by atoms with Crippen LogP contribution in [0.5, 0.6) is 0 Å². The smallest absolute Gasteiger partial charge is 0.250 e. The zero-order valence-electron chi connectivity index (χ0n) is 10.9. The Balaban J connectivity index is 1.64. The van der Waals surface area contributed by atoms with Crippen molar-refractivity contribution in [1.82, 2.24) is 10.2 Å². The normalized spacial score (nSPS) is 10.9. The van der Waals surface area contributed by atoms with Gasteiger partial charge >= 0.3 is 0 Å². The van der Waals surface area contributed by atoms with E-state index in [1.165, 1.54) is 17.4 Å². The van der Waals surface area contributed by atoms with Crippen molar-refractivity contribution in [1.29, 1.82) is 0 Å². The largest absolute Gasteiger partial charge is 0.297 e. The van der Waals surface area contributed by atoms with Crippen LogP contribution in [0.4, 0.5) is 5.13 Å². The van der Waals surface area contributed by atoms with Gasteiger partial charge in [0.15, 0.2) is 5.01 Å². The van der Waals surface area contributed by atoms with Crippen LogP contribution >= 0.6 is 22.7 Å². The highest BCUT2D eigenvalue weighted by Crippen LogP contribution is 2.29. The predicted molar refractivity (Wildman–Crippen MR) is 87.3 cm³/mol. The number of rotatable bonds is 4. The van der Waals surface area contributed by atoms with Gasteiger partial charge in [0.1, 0.15) is 0 Å². The second-order valence-electron chi connectivity index (χ2n) is 4.12. The number of nitrogens with zero attached hydrogens (tertiary/aromatic N) is 2. The van der Waals surface area contributed by atoms with Gasteiger partial charge in [-0.1, -0.05) is 47.7 Å². The maximum Gasteiger partial charge on any atom is 0.250 e. The van der Waals surface area contributed by atoms with Crippen LogP contribution in [0.1, 0.15) is 5.56 Å². The molecule has 6 heteroatoms. The number of carbonyl (C=O) groups is 1. The molecule has 2 heterocycles. The molecular formula is C15H11N3OS2. The topological polar surface area (TPSA) is 54.9 Å². The number of amides is 1. The van der Waals surface area contributed by atoms with Crippen molar-refractivity contribution in [3.05, 3.63) is 59.5 Å². The lowest BCUT2D eigenvalue weighted by Crippen LogP contribution is -2.07. The number of carbonyl (C=O) groups excluding carboxylic acids is 1. The molecule has 2 aromatic heterocycles. The molecule has 0 aliphatic rings. The third-order valence-corrected chi connectivity index (χ3v) is 4.49. The average molecular weight is 313 g/mol. The first-order valence-corrected chi connectivity index (χ1v) is 7.92. The third-order valence-electron chi connectivity index (χ3n) is 2.61. The molecule has 104 valence electrons. The maximum atomic E-state index is 11.8. The fraction of sp³-hybridized carbons (Fsp3) is 0. The van der Waals surface area contributed by atoms with Crippen LogP contribution in [0.2, 0.25) is 0 Å². The summed E-state index contributed by atoms with van der Waals surface area (Å²) in [7, 11) is 0. The van der Waals surface area contributed by atoms with Gasteiger partial charge in [-0.2, -0.15) is 0 Å². The molecule has 1 amide bonds. The molecule has 0 radical (unpaired) electrons. The number of benzene rings is 1. The lowest BCUT2D eigenvalue weighted by molar-refractivity contribution is -0.111. The first-order valence-electron chi connectivity index (χ1n) is 6.23. The van der Waals surface area contributed by atoms with Gasteiger partial charge in [-0.3, -0.25) is 10.1 Å². The van der Waals surface area contributed by atoms with Crippen molar-refractivity contribution >= 4 is 39.8 Å². The monoisotopic (exact) mass is 313 g/mol. The van der Waals surface area contributed by atoms with Crippen molar-refractivity contribution in [2.75, 3.05) is 5.32 Å². The molecule has 0 spiro atoms. The summed E-state index contributed by atoms with van der Waals surface area (Å²) >= 11 is 2.96. The lowest BCUT2D eigenvalue weighted by Gasteiger charge is -1.94. The standard InChI is InChI=1S/C15H11N3OS2/c19-13(9-8-11-5-2-1-3-6-11)16-15-18-17-14(21-15)12-7-4-10-20-12/h1-10H,(H,16,18,19). The van der Waals surface area contributed by atoms with Crippen LogP contribution in [0.15, 0.2) is 53.9 Å². The highest BCUT2D eigenvalue weighted by molar-refractivity contribution is 7.23. The van der Waals surface area contributed by atoms with E-state index < -0.39 is 0 Å². The maximum absolute atomic E-state index is 11.8. The fourth-order valence-electron chi connectivity index (χ4n) is 1.66. The molecule has 0 aliphatic heterocycles. The molecule has 3 aromatic rings. The highest BCUT2D eigenvalue weighted by Gasteiger charge is 2.08. The minimum atomic E-state index is -0.215. The number of aromatic nitrogens is 2. The van der Waals surface area contributed by atoms with Crippen LogP contribution in [0, 0.1) is 0 Å². The number of hydrogen-bond donors (Lipinski definition) is 1. The molecule has 0 saturated carbocycles. The highest BCUT2D eigenvalue weighted by atomic mass is 32.1. The summed E-state index contributed by atoms with van der Waals surface area (Å²) in [5.41, 5.74) is 0.976. The summed E-state index contributed by atoms with van der Waals surface area (Å²) in [5.74, 6) is -0.215. The van der Waals surface area contributed by atoms with Gasteiger partial charge in [0.05, 0.1) is 4.88 Å². The SMILES string of the molecule is O=C(C=Cc1ccccc1)Nc1nnc(-c2cccs2)s1. The predicted octanol–water partition coefficient (Wildman–Crippen LogP) is 3.92. The molecule has 1 N–H and O–H groups in total. The molecule has 4 nitrogen and oxygen atoms in total. The zero-order chi connectivity index (χ0) is 14.5. The quantitative estimate of drug-likeness (QED) is 0.743. The molecule has 0 bridgehead atoms. The molecular weight excluding hydrogens is 302 g/mol. The molecule has 0 atom stereocenters. The van der Waals surface area contributed by atoms with Crippen LogP contribution < -0.4 is 5.32 Å². The second kappa shape index (κ2) is 6.43. The van der Waals surface area contributed by atoms with E-state index in [4.69, 9.17) is 0 Å². The van der Waals surface area contributed by atoms with E-state index in [1.807, 2.05) is 47.8 Å². The van der Waals surface area contributed by atoms with Gasteiger partial charge in [-0.15, -0.1) is 21.5 Å². The summed E-state index contributed by atoms with van der Waals surface area (Å²) in [4.78, 5) is 12.9. The molecule has 0 aliphatic carbocycles. The Bertz CT molecular complexity index is 748. The summed E-state index contributed by atoms with van der Waals surface area (Å²) in [6.07, 6.45) is 3.25. The molecule has 1 aromatic carbocycles. The minimum absolute atomic E-state index is 0.215.